The average molecular weight is 500 g/mol. The number of nitrogens with two attached hydrogens (primary N) is 1. The quantitative estimate of drug-likeness (QED) is 0.539. The summed E-state index contributed by atoms with van der Waals surface area (Å²) in [4.78, 5) is 26.3. The van der Waals surface area contributed by atoms with Crippen LogP contribution in [0.2, 0.25) is 0 Å². The van der Waals surface area contributed by atoms with Gasteiger partial charge in [-0.1, -0.05) is 76.2 Å². The largest absolute Gasteiger partial charge is 0.466 e. The predicted molar refractivity (Wildman–Crippen MR) is 144 cm³/mol. The van der Waals surface area contributed by atoms with Crippen LogP contribution < -0.4 is 20.5 Å². The van der Waals surface area contributed by atoms with E-state index >= 15 is 0 Å². The second kappa shape index (κ2) is 10.00. The van der Waals surface area contributed by atoms with Gasteiger partial charge in [-0.2, -0.15) is 5.26 Å². The molecule has 184 valence electrons. The Bertz CT molecular complexity index is 1560. The zero-order chi connectivity index (χ0) is 26.1. The fourth-order valence-corrected chi connectivity index (χ4v) is 5.53. The van der Waals surface area contributed by atoms with E-state index in [0.29, 0.717) is 26.6 Å². The van der Waals surface area contributed by atoms with E-state index in [2.05, 4.69) is 33.8 Å². The third-order valence-corrected chi connectivity index (χ3v) is 7.62. The number of nitriles is 1. The number of aromatic nitrogens is 1. The fourth-order valence-electron chi connectivity index (χ4n) is 4.40. The molecule has 0 saturated heterocycles. The predicted octanol–water partition coefficient (Wildman–Crippen LogP) is 3.76. The summed E-state index contributed by atoms with van der Waals surface area (Å²) < 4.78 is 7.16. The number of rotatable bonds is 5. The Morgan fingerprint density at radius 1 is 1.06 bits per heavy atom. The molecule has 0 spiro atoms. The Kier molecular flexibility index (Phi) is 7.00. The Labute approximate surface area is 214 Å². The van der Waals surface area contributed by atoms with Crippen LogP contribution in [0.4, 0.5) is 0 Å². The molecule has 2 aromatic carbocycles. The normalized spacial score (nSPS) is 15.9. The van der Waals surface area contributed by atoms with Crippen molar-refractivity contribution in [2.24, 2.45) is 5.73 Å². The zero-order valence-electron chi connectivity index (χ0n) is 21.0. The second-order valence-corrected chi connectivity index (χ2v) is 10.5. The second-order valence-electron chi connectivity index (χ2n) is 9.45. The van der Waals surface area contributed by atoms with Crippen LogP contribution in [0.15, 0.2) is 58.9 Å². The van der Waals surface area contributed by atoms with Crippen LogP contribution in [0.1, 0.15) is 67.7 Å². The summed E-state index contributed by atoms with van der Waals surface area (Å²) >= 11 is 1.20. The smallest absolute Gasteiger partial charge is 0.338 e. The molecule has 1 aliphatic heterocycles. The van der Waals surface area contributed by atoms with Crippen molar-refractivity contribution in [1.82, 2.24) is 4.57 Å². The Morgan fingerprint density at radius 2 is 1.61 bits per heavy atom. The van der Waals surface area contributed by atoms with E-state index in [1.54, 1.807) is 6.08 Å². The molecule has 0 saturated carbocycles. The molecule has 0 unspecified atom stereocenters. The standard InChI is InChI=1S/C29H29N3O3S/c1-16(2)19-8-6-18(7-9-19)14-23-27(33)32-26(31)25(29(34)35-5)24(22(15-30)28(32)36-23)21-12-10-20(11-13-21)17(3)4/h6-14,16-17,24H,31H2,1-5H3/t24-/m1/s1. The number of esters is 1. The number of methoxy groups -OCH3 is 1. The first-order chi connectivity index (χ1) is 17.2. The van der Waals surface area contributed by atoms with Gasteiger partial charge in [-0.25, -0.2) is 4.79 Å². The van der Waals surface area contributed by atoms with Gasteiger partial charge in [0, 0.05) is 0 Å². The highest BCUT2D eigenvalue weighted by molar-refractivity contribution is 7.07. The van der Waals surface area contributed by atoms with Crippen molar-refractivity contribution in [3.63, 3.8) is 0 Å². The molecular weight excluding hydrogens is 470 g/mol. The van der Waals surface area contributed by atoms with Crippen molar-refractivity contribution >= 4 is 34.8 Å². The number of carbonyl (C=O) groups excluding carboxylic acids is 1. The third kappa shape index (κ3) is 4.40. The topological polar surface area (TPSA) is 98.1 Å². The van der Waals surface area contributed by atoms with Crippen molar-refractivity contribution in [1.29, 1.82) is 5.26 Å². The number of thiazole rings is 1. The van der Waals surface area contributed by atoms with E-state index in [4.69, 9.17) is 10.5 Å². The molecule has 2 heterocycles. The lowest BCUT2D eigenvalue weighted by atomic mass is 9.83. The van der Waals surface area contributed by atoms with E-state index in [1.807, 2.05) is 48.5 Å². The maximum absolute atomic E-state index is 13.4. The van der Waals surface area contributed by atoms with Gasteiger partial charge in [0.15, 0.2) is 0 Å². The van der Waals surface area contributed by atoms with Crippen LogP contribution in [0.25, 0.3) is 17.5 Å². The molecule has 1 atom stereocenters. The van der Waals surface area contributed by atoms with E-state index in [-0.39, 0.29) is 17.0 Å². The molecule has 7 heteroatoms. The number of ether oxygens (including phenoxy) is 1. The summed E-state index contributed by atoms with van der Waals surface area (Å²) in [5.74, 6) is -0.679. The van der Waals surface area contributed by atoms with Gasteiger partial charge in [0.25, 0.3) is 5.56 Å². The molecule has 0 aliphatic carbocycles. The minimum Gasteiger partial charge on any atom is -0.466 e. The highest BCUT2D eigenvalue weighted by atomic mass is 32.1. The van der Waals surface area contributed by atoms with Gasteiger partial charge in [0.05, 0.1) is 34.8 Å². The highest BCUT2D eigenvalue weighted by Crippen LogP contribution is 2.37. The Morgan fingerprint density at radius 3 is 2.11 bits per heavy atom. The summed E-state index contributed by atoms with van der Waals surface area (Å²) in [5, 5.41) is 10.2. The molecule has 0 bridgehead atoms. The molecule has 4 rings (SSSR count). The number of hydrogen-bond donors (Lipinski definition) is 1. The van der Waals surface area contributed by atoms with Crippen molar-refractivity contribution in [3.05, 3.63) is 95.9 Å². The summed E-state index contributed by atoms with van der Waals surface area (Å²) in [7, 11) is 1.26. The Hall–Kier alpha value is -3.89. The fraction of sp³-hybridized carbons (Fsp3) is 0.276. The first-order valence-corrected chi connectivity index (χ1v) is 12.7. The Balaban J connectivity index is 1.98. The number of benzene rings is 2. The molecule has 36 heavy (non-hydrogen) atoms. The van der Waals surface area contributed by atoms with E-state index in [9.17, 15) is 14.9 Å². The summed E-state index contributed by atoms with van der Waals surface area (Å²) in [5.41, 5.74) is 10.4. The third-order valence-electron chi connectivity index (χ3n) is 6.51. The number of fused-ring (bicyclic) bond motifs is 1. The van der Waals surface area contributed by atoms with Gasteiger partial charge in [0.2, 0.25) is 0 Å². The average Bonchev–Trinajstić information content (AvgIpc) is 3.19. The SMILES string of the molecule is COC(=O)C1=C(N)n2c(sc(=Cc3ccc(C(C)C)cc3)c2=O)=C(C#N)[C@H]1c1ccc(C(C)C)cc1. The van der Waals surface area contributed by atoms with Gasteiger partial charge in [-0.15, -0.1) is 11.3 Å². The van der Waals surface area contributed by atoms with Crippen molar-refractivity contribution in [2.75, 3.05) is 7.11 Å². The summed E-state index contributed by atoms with van der Waals surface area (Å²) in [6.45, 7) is 8.44. The van der Waals surface area contributed by atoms with Crippen LogP contribution in [-0.2, 0) is 9.53 Å². The maximum atomic E-state index is 13.4. The lowest BCUT2D eigenvalue weighted by molar-refractivity contribution is -0.136. The van der Waals surface area contributed by atoms with Gasteiger partial charge >= 0.3 is 5.97 Å². The lowest BCUT2D eigenvalue weighted by Crippen LogP contribution is -2.40. The van der Waals surface area contributed by atoms with Gasteiger partial charge in [-0.05, 0) is 40.2 Å². The van der Waals surface area contributed by atoms with Crippen molar-refractivity contribution in [3.8, 4) is 6.07 Å². The van der Waals surface area contributed by atoms with Gasteiger partial charge in [-0.3, -0.25) is 9.36 Å². The van der Waals surface area contributed by atoms with Gasteiger partial charge < -0.3 is 10.5 Å². The minimum atomic E-state index is -0.736. The minimum absolute atomic E-state index is 0.00941. The lowest BCUT2D eigenvalue weighted by Gasteiger charge is -2.25. The molecule has 3 aromatic rings. The summed E-state index contributed by atoms with van der Waals surface area (Å²) in [6.07, 6.45) is 1.79. The van der Waals surface area contributed by atoms with Crippen LogP contribution in [0, 0.1) is 11.3 Å². The van der Waals surface area contributed by atoms with Gasteiger partial charge in [0.1, 0.15) is 10.5 Å². The number of hydrogen-bond acceptors (Lipinski definition) is 6. The van der Waals surface area contributed by atoms with Crippen molar-refractivity contribution in [2.45, 2.75) is 45.4 Å². The van der Waals surface area contributed by atoms with Crippen LogP contribution >= 0.6 is 11.3 Å². The van der Waals surface area contributed by atoms with E-state index in [0.717, 1.165) is 16.7 Å². The molecule has 0 amide bonds. The number of nitrogens with zero attached hydrogens (tertiary/aromatic N) is 2. The molecular formula is C29H29N3O3S. The zero-order valence-corrected chi connectivity index (χ0v) is 21.8. The molecule has 1 aromatic heterocycles. The molecule has 6 nitrogen and oxygen atoms in total. The van der Waals surface area contributed by atoms with Crippen LogP contribution in [0.5, 0.6) is 0 Å². The van der Waals surface area contributed by atoms with Crippen LogP contribution in [0.3, 0.4) is 0 Å². The first-order valence-electron chi connectivity index (χ1n) is 11.8. The van der Waals surface area contributed by atoms with E-state index < -0.39 is 11.9 Å². The van der Waals surface area contributed by atoms with E-state index in [1.165, 1.54) is 28.6 Å². The highest BCUT2D eigenvalue weighted by Gasteiger charge is 2.36. The molecule has 0 fully saturated rings. The summed E-state index contributed by atoms with van der Waals surface area (Å²) in [6, 6.07) is 18.0. The molecule has 0 radical (unpaired) electrons. The van der Waals surface area contributed by atoms with Crippen molar-refractivity contribution < 1.29 is 9.53 Å². The maximum Gasteiger partial charge on any atom is 0.338 e. The number of carbonyl (C=O) groups is 1. The monoisotopic (exact) mass is 499 g/mol. The molecule has 1 aliphatic rings. The first kappa shape index (κ1) is 25.2. The molecule has 2 N–H and O–H groups in total. The van der Waals surface area contributed by atoms with Crippen LogP contribution in [-0.4, -0.2) is 17.6 Å².